The minimum absolute atomic E-state index is 0.557. The van der Waals surface area contributed by atoms with Gasteiger partial charge in [0.15, 0.2) is 5.65 Å². The van der Waals surface area contributed by atoms with E-state index in [1.165, 1.54) is 12.8 Å². The van der Waals surface area contributed by atoms with E-state index < -0.39 is 0 Å². The average Bonchev–Trinajstić information content (AvgIpc) is 3.03. The predicted octanol–water partition coefficient (Wildman–Crippen LogP) is 1.07. The first kappa shape index (κ1) is 12.3. The van der Waals surface area contributed by atoms with Crippen LogP contribution in [0.25, 0.3) is 11.0 Å². The first-order valence-electron chi connectivity index (χ1n) is 6.90. The summed E-state index contributed by atoms with van der Waals surface area (Å²) in [5, 5.41) is 5.33. The lowest BCUT2D eigenvalue weighted by Gasteiger charge is -2.25. The average molecular weight is 260 g/mol. The second kappa shape index (κ2) is 5.13. The third kappa shape index (κ3) is 2.16. The molecular formula is C13H20N6. The van der Waals surface area contributed by atoms with E-state index in [1.54, 1.807) is 11.0 Å². The molecule has 0 bridgehead atoms. The van der Waals surface area contributed by atoms with Crippen LogP contribution in [0.3, 0.4) is 0 Å². The topological polar surface area (TPSA) is 72.9 Å². The third-order valence-electron chi connectivity index (χ3n) is 3.90. The standard InChI is InChI=1S/C13H20N6/c1-18-12-11(8-17-18)13(16-9-15-12)19-7-3-5-10(19)4-2-6-14/h8-10H,2-7,14H2,1H3. The molecule has 1 aliphatic rings. The van der Waals surface area contributed by atoms with Crippen molar-refractivity contribution in [3.63, 3.8) is 0 Å². The highest BCUT2D eigenvalue weighted by Gasteiger charge is 2.27. The van der Waals surface area contributed by atoms with Crippen LogP contribution in [-0.2, 0) is 7.05 Å². The maximum Gasteiger partial charge on any atom is 0.163 e. The molecule has 3 heterocycles. The summed E-state index contributed by atoms with van der Waals surface area (Å²) in [7, 11) is 1.91. The number of aromatic nitrogens is 4. The summed E-state index contributed by atoms with van der Waals surface area (Å²) in [6.07, 6.45) is 8.16. The zero-order valence-electron chi connectivity index (χ0n) is 11.3. The molecule has 2 aromatic rings. The quantitative estimate of drug-likeness (QED) is 0.890. The molecule has 2 aromatic heterocycles. The molecule has 0 aliphatic carbocycles. The second-order valence-corrected chi connectivity index (χ2v) is 5.12. The van der Waals surface area contributed by atoms with E-state index in [9.17, 15) is 0 Å². The number of hydrogen-bond donors (Lipinski definition) is 1. The molecule has 0 saturated carbocycles. The van der Waals surface area contributed by atoms with Gasteiger partial charge in [0.25, 0.3) is 0 Å². The molecule has 6 heteroatoms. The first-order chi connectivity index (χ1) is 9.31. The fourth-order valence-corrected chi connectivity index (χ4v) is 2.95. The van der Waals surface area contributed by atoms with Crippen LogP contribution in [0.5, 0.6) is 0 Å². The van der Waals surface area contributed by atoms with Gasteiger partial charge in [-0.3, -0.25) is 4.68 Å². The SMILES string of the molecule is Cn1ncc2c(N3CCCC3CCCN)ncnc21. The van der Waals surface area contributed by atoms with E-state index in [0.717, 1.165) is 42.8 Å². The molecule has 3 rings (SSSR count). The lowest BCUT2D eigenvalue weighted by Crippen LogP contribution is -2.30. The van der Waals surface area contributed by atoms with Crippen molar-refractivity contribution in [2.24, 2.45) is 12.8 Å². The normalized spacial score (nSPS) is 19.5. The van der Waals surface area contributed by atoms with Crippen LogP contribution in [0.1, 0.15) is 25.7 Å². The largest absolute Gasteiger partial charge is 0.353 e. The molecule has 0 aromatic carbocycles. The Labute approximate surface area is 112 Å². The van der Waals surface area contributed by atoms with Crippen molar-refractivity contribution in [3.8, 4) is 0 Å². The van der Waals surface area contributed by atoms with Crippen molar-refractivity contribution in [1.29, 1.82) is 0 Å². The summed E-state index contributed by atoms with van der Waals surface area (Å²) in [5.41, 5.74) is 6.52. The number of hydrogen-bond acceptors (Lipinski definition) is 5. The Balaban J connectivity index is 1.94. The lowest BCUT2D eigenvalue weighted by molar-refractivity contribution is 0.583. The summed E-state index contributed by atoms with van der Waals surface area (Å²) in [6, 6.07) is 0.557. The van der Waals surface area contributed by atoms with E-state index in [4.69, 9.17) is 5.73 Å². The zero-order chi connectivity index (χ0) is 13.2. The Morgan fingerprint density at radius 3 is 3.16 bits per heavy atom. The predicted molar refractivity (Wildman–Crippen MR) is 75.0 cm³/mol. The van der Waals surface area contributed by atoms with Gasteiger partial charge in [0.05, 0.1) is 11.6 Å². The van der Waals surface area contributed by atoms with Crippen LogP contribution >= 0.6 is 0 Å². The van der Waals surface area contributed by atoms with E-state index in [0.29, 0.717) is 6.04 Å². The number of nitrogens with zero attached hydrogens (tertiary/aromatic N) is 5. The maximum absolute atomic E-state index is 5.63. The molecule has 1 atom stereocenters. The van der Waals surface area contributed by atoms with E-state index in [2.05, 4.69) is 20.0 Å². The van der Waals surface area contributed by atoms with Gasteiger partial charge < -0.3 is 10.6 Å². The maximum atomic E-state index is 5.63. The molecule has 1 saturated heterocycles. The highest BCUT2D eigenvalue weighted by Crippen LogP contribution is 2.30. The summed E-state index contributed by atoms with van der Waals surface area (Å²) >= 11 is 0. The zero-order valence-corrected chi connectivity index (χ0v) is 11.3. The lowest BCUT2D eigenvalue weighted by atomic mass is 10.1. The van der Waals surface area contributed by atoms with Crippen LogP contribution in [0.4, 0.5) is 5.82 Å². The molecule has 19 heavy (non-hydrogen) atoms. The van der Waals surface area contributed by atoms with Crippen LogP contribution in [0.2, 0.25) is 0 Å². The Bertz CT molecular complexity index is 563. The van der Waals surface area contributed by atoms with Crippen LogP contribution in [0, 0.1) is 0 Å². The summed E-state index contributed by atoms with van der Waals surface area (Å²) in [5.74, 6) is 1.03. The van der Waals surface area contributed by atoms with Crippen molar-refractivity contribution in [2.45, 2.75) is 31.7 Å². The summed E-state index contributed by atoms with van der Waals surface area (Å²) in [4.78, 5) is 11.2. The van der Waals surface area contributed by atoms with Gasteiger partial charge in [0.2, 0.25) is 0 Å². The molecule has 0 radical (unpaired) electrons. The van der Waals surface area contributed by atoms with Gasteiger partial charge >= 0.3 is 0 Å². The van der Waals surface area contributed by atoms with E-state index in [1.807, 2.05) is 13.2 Å². The fraction of sp³-hybridized carbons (Fsp3) is 0.615. The highest BCUT2D eigenvalue weighted by molar-refractivity contribution is 5.86. The molecular weight excluding hydrogens is 240 g/mol. The number of fused-ring (bicyclic) bond motifs is 1. The molecule has 2 N–H and O–H groups in total. The van der Waals surface area contributed by atoms with Crippen LogP contribution < -0.4 is 10.6 Å². The van der Waals surface area contributed by atoms with Crippen molar-refractivity contribution in [1.82, 2.24) is 19.7 Å². The molecule has 1 fully saturated rings. The van der Waals surface area contributed by atoms with Crippen molar-refractivity contribution >= 4 is 16.9 Å². The number of aryl methyl sites for hydroxylation is 1. The van der Waals surface area contributed by atoms with Gasteiger partial charge in [-0.2, -0.15) is 5.10 Å². The Morgan fingerprint density at radius 1 is 1.42 bits per heavy atom. The Hall–Kier alpha value is -1.69. The fourth-order valence-electron chi connectivity index (χ4n) is 2.95. The van der Waals surface area contributed by atoms with Crippen LogP contribution in [-0.4, -0.2) is 38.9 Å². The monoisotopic (exact) mass is 260 g/mol. The second-order valence-electron chi connectivity index (χ2n) is 5.12. The number of rotatable bonds is 4. The van der Waals surface area contributed by atoms with Gasteiger partial charge in [-0.15, -0.1) is 0 Å². The summed E-state index contributed by atoms with van der Waals surface area (Å²) in [6.45, 7) is 1.83. The first-order valence-corrected chi connectivity index (χ1v) is 6.90. The minimum atomic E-state index is 0.557. The Morgan fingerprint density at radius 2 is 2.32 bits per heavy atom. The van der Waals surface area contributed by atoms with Gasteiger partial charge in [-0.25, -0.2) is 9.97 Å². The van der Waals surface area contributed by atoms with Gasteiger partial charge in [-0.1, -0.05) is 0 Å². The molecule has 0 amide bonds. The Kier molecular flexibility index (Phi) is 3.33. The van der Waals surface area contributed by atoms with Crippen molar-refractivity contribution in [2.75, 3.05) is 18.0 Å². The van der Waals surface area contributed by atoms with Gasteiger partial charge in [0, 0.05) is 19.6 Å². The van der Waals surface area contributed by atoms with Gasteiger partial charge in [-0.05, 0) is 32.2 Å². The van der Waals surface area contributed by atoms with Crippen molar-refractivity contribution < 1.29 is 0 Å². The van der Waals surface area contributed by atoms with Crippen molar-refractivity contribution in [3.05, 3.63) is 12.5 Å². The number of anilines is 1. The van der Waals surface area contributed by atoms with Crippen LogP contribution in [0.15, 0.2) is 12.5 Å². The molecule has 0 spiro atoms. The smallest absolute Gasteiger partial charge is 0.163 e. The molecule has 1 aliphatic heterocycles. The third-order valence-corrected chi connectivity index (χ3v) is 3.90. The highest BCUT2D eigenvalue weighted by atomic mass is 15.3. The minimum Gasteiger partial charge on any atom is -0.353 e. The molecule has 6 nitrogen and oxygen atoms in total. The van der Waals surface area contributed by atoms with E-state index in [-0.39, 0.29) is 0 Å². The molecule has 102 valence electrons. The van der Waals surface area contributed by atoms with E-state index >= 15 is 0 Å². The number of nitrogens with two attached hydrogens (primary N) is 1. The van der Waals surface area contributed by atoms with Gasteiger partial charge in [0.1, 0.15) is 12.1 Å². The molecule has 1 unspecified atom stereocenters. The summed E-state index contributed by atoms with van der Waals surface area (Å²) < 4.78 is 1.80.